The zero-order chi connectivity index (χ0) is 15.0. The Kier molecular flexibility index (Phi) is 4.43. The van der Waals surface area contributed by atoms with Gasteiger partial charge in [0.25, 0.3) is 5.91 Å². The minimum absolute atomic E-state index is 0.0879. The van der Waals surface area contributed by atoms with Crippen molar-refractivity contribution in [2.24, 2.45) is 5.73 Å². The molecule has 0 bridgehead atoms. The van der Waals surface area contributed by atoms with Gasteiger partial charge in [0.1, 0.15) is 17.7 Å². The minimum Gasteiger partial charge on any atom is -0.360 e. The van der Waals surface area contributed by atoms with E-state index >= 15 is 0 Å². The van der Waals surface area contributed by atoms with Gasteiger partial charge in [0.15, 0.2) is 6.29 Å². The van der Waals surface area contributed by atoms with Gasteiger partial charge in [0.05, 0.1) is 19.4 Å². The van der Waals surface area contributed by atoms with Crippen LogP contribution in [0.25, 0.3) is 0 Å². The smallest absolute Gasteiger partial charge is 0.273 e. The summed E-state index contributed by atoms with van der Waals surface area (Å²) in [5.74, 6) is 0.439. The molecule has 0 aliphatic carbocycles. The number of nitrogens with two attached hydrogens (primary N) is 1. The Morgan fingerprint density at radius 2 is 2.33 bits per heavy atom. The third kappa shape index (κ3) is 3.20. The highest BCUT2D eigenvalue weighted by molar-refractivity contribution is 8.41. The third-order valence-electron chi connectivity index (χ3n) is 3.56. The maximum atomic E-state index is 11.8. The first kappa shape index (κ1) is 15.1. The number of nitrogens with one attached hydrogen (secondary N) is 3. The van der Waals surface area contributed by atoms with Crippen LogP contribution in [0, 0.1) is 0 Å². The van der Waals surface area contributed by atoms with Crippen molar-refractivity contribution >= 4 is 25.7 Å². The van der Waals surface area contributed by atoms with Gasteiger partial charge >= 0.3 is 0 Å². The quantitative estimate of drug-likeness (QED) is 0.276. The number of nitrogens with zero attached hydrogens (tertiary/aromatic N) is 1. The van der Waals surface area contributed by atoms with E-state index in [2.05, 4.69) is 28.2 Å². The average molecular weight is 335 g/mol. The third-order valence-corrected chi connectivity index (χ3v) is 4.29. The molecule has 21 heavy (non-hydrogen) atoms. The van der Waals surface area contributed by atoms with Crippen molar-refractivity contribution < 1.29 is 18.9 Å². The Bertz CT molecular complexity index is 465. The van der Waals surface area contributed by atoms with Gasteiger partial charge in [-0.1, -0.05) is 12.2 Å². The molecule has 6 N–H and O–H groups in total. The molecule has 118 valence electrons. The largest absolute Gasteiger partial charge is 0.360 e. The standard InChI is InChI=1S/C10H18N5O4PS/c11-10-13-8-7(9(16)14-10)12-4-15(8)6-2-1-5(19-6)3-18-20(17)21/h5-6,10,12-13,17,21H,1-4,11H2,(H,14,16)/t5-,6?,10?,20?/m0/s1. The second-order valence-corrected chi connectivity index (χ2v) is 6.75. The maximum Gasteiger partial charge on any atom is 0.273 e. The van der Waals surface area contributed by atoms with Crippen molar-refractivity contribution in [3.63, 3.8) is 0 Å². The lowest BCUT2D eigenvalue weighted by Gasteiger charge is -2.31. The van der Waals surface area contributed by atoms with Crippen LogP contribution in [0.4, 0.5) is 0 Å². The van der Waals surface area contributed by atoms with Crippen LogP contribution in [0.3, 0.4) is 0 Å². The van der Waals surface area contributed by atoms with Gasteiger partial charge in [0.2, 0.25) is 7.58 Å². The number of hydrogen-bond donors (Lipinski definition) is 6. The number of carbonyl (C=O) groups is 1. The van der Waals surface area contributed by atoms with E-state index in [9.17, 15) is 4.79 Å². The van der Waals surface area contributed by atoms with Crippen LogP contribution in [0.5, 0.6) is 0 Å². The Labute approximate surface area is 128 Å². The van der Waals surface area contributed by atoms with Crippen LogP contribution < -0.4 is 21.7 Å². The zero-order valence-corrected chi connectivity index (χ0v) is 12.9. The fraction of sp³-hybridized carbons (Fsp3) is 0.700. The zero-order valence-electron chi connectivity index (χ0n) is 11.2. The molecule has 1 saturated heterocycles. The number of ether oxygens (including phenoxy) is 1. The van der Waals surface area contributed by atoms with Gasteiger partial charge in [-0.2, -0.15) is 0 Å². The molecule has 4 atom stereocenters. The first-order valence-electron chi connectivity index (χ1n) is 6.58. The molecule has 3 unspecified atom stereocenters. The highest BCUT2D eigenvalue weighted by Gasteiger charge is 2.39. The maximum absolute atomic E-state index is 11.8. The van der Waals surface area contributed by atoms with Crippen molar-refractivity contribution in [3.05, 3.63) is 11.5 Å². The molecule has 0 aromatic rings. The van der Waals surface area contributed by atoms with E-state index in [1.807, 2.05) is 4.90 Å². The van der Waals surface area contributed by atoms with Crippen molar-refractivity contribution in [2.45, 2.75) is 31.5 Å². The molecule has 3 aliphatic heterocycles. The highest BCUT2D eigenvalue weighted by atomic mass is 32.7. The van der Waals surface area contributed by atoms with Gasteiger partial charge < -0.3 is 35.0 Å². The Hall–Kier alpha value is -0.770. The lowest BCUT2D eigenvalue weighted by molar-refractivity contribution is -0.119. The van der Waals surface area contributed by atoms with E-state index in [0.29, 0.717) is 24.8 Å². The van der Waals surface area contributed by atoms with Gasteiger partial charge in [-0.15, -0.1) is 0 Å². The van der Waals surface area contributed by atoms with Crippen molar-refractivity contribution in [2.75, 3.05) is 13.3 Å². The Morgan fingerprint density at radius 3 is 3.10 bits per heavy atom. The normalized spacial score (nSPS) is 33.4. The summed E-state index contributed by atoms with van der Waals surface area (Å²) in [6, 6.07) is 0. The molecule has 0 radical (unpaired) electrons. The predicted molar refractivity (Wildman–Crippen MR) is 78.1 cm³/mol. The fourth-order valence-corrected chi connectivity index (χ4v) is 3.14. The number of rotatable bonds is 4. The number of carbonyl (C=O) groups excluding carboxylic acids is 1. The van der Waals surface area contributed by atoms with Gasteiger partial charge in [-0.3, -0.25) is 10.5 Å². The van der Waals surface area contributed by atoms with Gasteiger partial charge in [0, 0.05) is 0 Å². The van der Waals surface area contributed by atoms with E-state index in [1.54, 1.807) is 0 Å². The number of hydrogen-bond acceptors (Lipinski definition) is 9. The molecule has 0 spiro atoms. The lowest BCUT2D eigenvalue weighted by Crippen LogP contribution is -2.57. The second kappa shape index (κ2) is 6.15. The van der Waals surface area contributed by atoms with Crippen molar-refractivity contribution in [3.8, 4) is 0 Å². The summed E-state index contributed by atoms with van der Waals surface area (Å²) < 4.78 is 11.0. The van der Waals surface area contributed by atoms with Crippen LogP contribution in [0.1, 0.15) is 12.8 Å². The molecule has 11 heteroatoms. The highest BCUT2D eigenvalue weighted by Crippen LogP contribution is 2.37. The van der Waals surface area contributed by atoms with Crippen LogP contribution in [-0.4, -0.2) is 47.6 Å². The van der Waals surface area contributed by atoms with Crippen molar-refractivity contribution in [1.29, 1.82) is 0 Å². The predicted octanol–water partition coefficient (Wildman–Crippen LogP) is -1.35. The molecule has 0 saturated carbocycles. The molecular formula is C10H18N5O4PS. The van der Waals surface area contributed by atoms with Gasteiger partial charge in [-0.05, 0) is 12.8 Å². The molecule has 3 rings (SSSR count). The second-order valence-electron chi connectivity index (χ2n) is 4.96. The van der Waals surface area contributed by atoms with E-state index in [4.69, 9.17) is 19.9 Å². The van der Waals surface area contributed by atoms with Crippen LogP contribution in [0.15, 0.2) is 11.5 Å². The number of thiol groups is 1. The topological polar surface area (TPSA) is 121 Å². The fourth-order valence-electron chi connectivity index (χ4n) is 2.64. The summed E-state index contributed by atoms with van der Waals surface area (Å²) in [7, 11) is -1.67. The van der Waals surface area contributed by atoms with E-state index in [1.165, 1.54) is 0 Å². The minimum atomic E-state index is -1.67. The summed E-state index contributed by atoms with van der Waals surface area (Å²) in [6.45, 7) is 0.790. The lowest BCUT2D eigenvalue weighted by atomic mass is 10.2. The van der Waals surface area contributed by atoms with Gasteiger partial charge in [-0.25, -0.2) is 0 Å². The Balaban J connectivity index is 1.62. The molecule has 9 nitrogen and oxygen atoms in total. The van der Waals surface area contributed by atoms with E-state index < -0.39 is 13.9 Å². The molecule has 0 aromatic carbocycles. The Morgan fingerprint density at radius 1 is 1.52 bits per heavy atom. The molecular weight excluding hydrogens is 317 g/mol. The summed E-state index contributed by atoms with van der Waals surface area (Å²) in [5.41, 5.74) is 6.20. The van der Waals surface area contributed by atoms with E-state index in [-0.39, 0.29) is 18.2 Å². The number of amides is 1. The van der Waals surface area contributed by atoms with Crippen LogP contribution in [-0.2, 0) is 14.1 Å². The summed E-state index contributed by atoms with van der Waals surface area (Å²) in [4.78, 5) is 22.8. The summed E-state index contributed by atoms with van der Waals surface area (Å²) in [5, 5.41) is 8.65. The monoisotopic (exact) mass is 335 g/mol. The first-order chi connectivity index (χ1) is 10.0. The van der Waals surface area contributed by atoms with Crippen LogP contribution in [0.2, 0.25) is 0 Å². The van der Waals surface area contributed by atoms with Crippen molar-refractivity contribution in [1.82, 2.24) is 20.9 Å². The molecule has 3 aliphatic rings. The first-order valence-corrected chi connectivity index (χ1v) is 8.95. The SMILES string of the molecule is NC1NC(=O)C2=C(N1)N(C1CC[C@@H](COP(O)S)O1)CN2. The average Bonchev–Trinajstić information content (AvgIpc) is 3.02. The summed E-state index contributed by atoms with van der Waals surface area (Å²) >= 11 is 3.81. The van der Waals surface area contributed by atoms with E-state index in [0.717, 1.165) is 12.8 Å². The molecule has 0 aromatic heterocycles. The van der Waals surface area contributed by atoms with Crippen LogP contribution >= 0.6 is 19.8 Å². The molecule has 1 fully saturated rings. The molecule has 1 amide bonds. The summed E-state index contributed by atoms with van der Waals surface area (Å²) in [6.07, 6.45) is 0.769. The molecule has 3 heterocycles.